The van der Waals surface area contributed by atoms with Crippen LogP contribution >= 0.6 is 23.2 Å². The van der Waals surface area contributed by atoms with Gasteiger partial charge in [0.2, 0.25) is 0 Å². The summed E-state index contributed by atoms with van der Waals surface area (Å²) in [4.78, 5) is 17.0. The van der Waals surface area contributed by atoms with Gasteiger partial charge >= 0.3 is 0 Å². The number of benzene rings is 2. The van der Waals surface area contributed by atoms with E-state index in [9.17, 15) is 4.79 Å². The number of hydrogen-bond acceptors (Lipinski definition) is 3. The Morgan fingerprint density at radius 1 is 1.17 bits per heavy atom. The maximum absolute atomic E-state index is 12.7. The number of hydrogen-bond donors (Lipinski definition) is 0. The maximum Gasteiger partial charge on any atom is 0.273 e. The van der Waals surface area contributed by atoms with Crippen molar-refractivity contribution < 1.29 is 9.53 Å². The first-order chi connectivity index (χ1) is 11.4. The van der Waals surface area contributed by atoms with Crippen LogP contribution in [0.5, 0.6) is 5.75 Å². The van der Waals surface area contributed by atoms with Crippen molar-refractivity contribution in [3.63, 3.8) is 0 Å². The molecule has 0 bridgehead atoms. The van der Waals surface area contributed by atoms with Gasteiger partial charge in [0.05, 0.1) is 16.1 Å². The van der Waals surface area contributed by atoms with Crippen molar-refractivity contribution >= 4 is 40.1 Å². The molecule has 1 aromatic heterocycles. The molecule has 2 aromatic carbocycles. The number of aromatic nitrogens is 2. The van der Waals surface area contributed by atoms with Gasteiger partial charge in [-0.15, -0.1) is 0 Å². The standard InChI is InChI=1S/C18H16Cl2N2O2/c1-10-6-15-16(7-11(10)2)22(9-21-15)18(23)12(3)24-17-5-4-13(19)8-14(17)20/h4-9,12H,1-3H3. The molecule has 0 spiro atoms. The molecule has 0 aliphatic carbocycles. The van der Waals surface area contributed by atoms with Crippen LogP contribution in [0.15, 0.2) is 36.7 Å². The molecule has 24 heavy (non-hydrogen) atoms. The number of fused-ring (bicyclic) bond motifs is 1. The van der Waals surface area contributed by atoms with Crippen LogP contribution in [0.2, 0.25) is 10.0 Å². The highest BCUT2D eigenvalue weighted by atomic mass is 35.5. The summed E-state index contributed by atoms with van der Waals surface area (Å²) in [5.74, 6) is 0.199. The first kappa shape index (κ1) is 16.8. The molecule has 0 radical (unpaired) electrons. The zero-order valence-electron chi connectivity index (χ0n) is 13.5. The second-order valence-electron chi connectivity index (χ2n) is 5.71. The van der Waals surface area contributed by atoms with E-state index in [1.165, 1.54) is 10.9 Å². The van der Waals surface area contributed by atoms with Gasteiger partial charge in [-0.25, -0.2) is 4.98 Å². The third kappa shape index (κ3) is 3.12. The van der Waals surface area contributed by atoms with E-state index in [1.54, 1.807) is 25.1 Å². The first-order valence-corrected chi connectivity index (χ1v) is 8.22. The Kier molecular flexibility index (Phi) is 4.52. The quantitative estimate of drug-likeness (QED) is 0.653. The summed E-state index contributed by atoms with van der Waals surface area (Å²) in [6.07, 6.45) is 0.803. The summed E-state index contributed by atoms with van der Waals surface area (Å²) in [7, 11) is 0. The van der Waals surface area contributed by atoms with E-state index >= 15 is 0 Å². The molecule has 1 heterocycles. The molecule has 3 aromatic rings. The van der Waals surface area contributed by atoms with Gasteiger partial charge in [-0.2, -0.15) is 0 Å². The van der Waals surface area contributed by atoms with Crippen molar-refractivity contribution in [1.82, 2.24) is 9.55 Å². The number of imidazole rings is 1. The fourth-order valence-corrected chi connectivity index (χ4v) is 2.90. The van der Waals surface area contributed by atoms with Crippen molar-refractivity contribution in [3.8, 4) is 5.75 Å². The van der Waals surface area contributed by atoms with Gasteiger partial charge in [0.25, 0.3) is 5.91 Å². The Balaban J connectivity index is 1.89. The SMILES string of the molecule is Cc1cc2ncn(C(=O)C(C)Oc3ccc(Cl)cc3Cl)c2cc1C. The minimum Gasteiger partial charge on any atom is -0.479 e. The Morgan fingerprint density at radius 2 is 1.88 bits per heavy atom. The molecule has 0 N–H and O–H groups in total. The molecule has 0 fully saturated rings. The fourth-order valence-electron chi connectivity index (χ4n) is 2.45. The Morgan fingerprint density at radius 3 is 2.58 bits per heavy atom. The van der Waals surface area contributed by atoms with Gasteiger partial charge in [-0.05, 0) is 62.2 Å². The normalized spacial score (nSPS) is 12.4. The van der Waals surface area contributed by atoms with Crippen molar-refractivity contribution in [3.05, 3.63) is 57.8 Å². The molecule has 4 nitrogen and oxygen atoms in total. The van der Waals surface area contributed by atoms with Crippen molar-refractivity contribution in [2.24, 2.45) is 0 Å². The second kappa shape index (κ2) is 6.46. The number of aryl methyl sites for hydroxylation is 2. The van der Waals surface area contributed by atoms with Gasteiger partial charge < -0.3 is 4.74 Å². The van der Waals surface area contributed by atoms with E-state index in [-0.39, 0.29) is 5.91 Å². The van der Waals surface area contributed by atoms with Gasteiger partial charge in [0.1, 0.15) is 12.1 Å². The molecule has 0 saturated heterocycles. The second-order valence-corrected chi connectivity index (χ2v) is 6.56. The summed E-state index contributed by atoms with van der Waals surface area (Å²) in [6, 6.07) is 8.81. The van der Waals surface area contributed by atoms with Crippen LogP contribution in [0.1, 0.15) is 22.8 Å². The number of nitrogens with zero attached hydrogens (tertiary/aromatic N) is 2. The molecular weight excluding hydrogens is 347 g/mol. The Labute approximate surface area is 150 Å². The molecule has 0 saturated carbocycles. The lowest BCUT2D eigenvalue weighted by Crippen LogP contribution is -2.28. The highest BCUT2D eigenvalue weighted by Crippen LogP contribution is 2.28. The summed E-state index contributed by atoms with van der Waals surface area (Å²) in [5, 5.41) is 0.877. The summed E-state index contributed by atoms with van der Waals surface area (Å²) >= 11 is 12.0. The summed E-state index contributed by atoms with van der Waals surface area (Å²) in [5.41, 5.74) is 3.78. The van der Waals surface area contributed by atoms with E-state index in [1.807, 2.05) is 26.0 Å². The van der Waals surface area contributed by atoms with Crippen LogP contribution in [0.4, 0.5) is 0 Å². The predicted molar refractivity (Wildman–Crippen MR) is 96.4 cm³/mol. The molecule has 0 aliphatic heterocycles. The molecule has 0 aliphatic rings. The minimum absolute atomic E-state index is 0.216. The predicted octanol–water partition coefficient (Wildman–Crippen LogP) is 5.07. The number of ether oxygens (including phenoxy) is 1. The molecule has 3 rings (SSSR count). The topological polar surface area (TPSA) is 44.1 Å². The Hall–Kier alpha value is -2.04. The molecule has 6 heteroatoms. The van der Waals surface area contributed by atoms with Gasteiger partial charge in [0, 0.05) is 5.02 Å². The average molecular weight is 363 g/mol. The van der Waals surface area contributed by atoms with Gasteiger partial charge in [-0.3, -0.25) is 9.36 Å². The summed E-state index contributed by atoms with van der Waals surface area (Å²) in [6.45, 7) is 5.70. The highest BCUT2D eigenvalue weighted by Gasteiger charge is 2.20. The number of carbonyl (C=O) groups is 1. The fraction of sp³-hybridized carbons (Fsp3) is 0.222. The molecule has 1 unspecified atom stereocenters. The largest absolute Gasteiger partial charge is 0.479 e. The lowest BCUT2D eigenvalue weighted by molar-refractivity contribution is 0.0733. The molecule has 1 atom stereocenters. The molecule has 0 amide bonds. The lowest BCUT2D eigenvalue weighted by atomic mass is 10.1. The van der Waals surface area contributed by atoms with Crippen LogP contribution in [0.25, 0.3) is 11.0 Å². The number of carbonyl (C=O) groups excluding carboxylic acids is 1. The first-order valence-electron chi connectivity index (χ1n) is 7.47. The number of rotatable bonds is 3. The van der Waals surface area contributed by atoms with E-state index in [2.05, 4.69) is 4.98 Å². The van der Waals surface area contributed by atoms with Crippen molar-refractivity contribution in [1.29, 1.82) is 0 Å². The number of halogens is 2. The van der Waals surface area contributed by atoms with Gasteiger partial charge in [0.15, 0.2) is 6.10 Å². The van der Waals surface area contributed by atoms with E-state index in [4.69, 9.17) is 27.9 Å². The zero-order chi connectivity index (χ0) is 17.4. The van der Waals surface area contributed by atoms with Crippen LogP contribution in [0, 0.1) is 13.8 Å². The average Bonchev–Trinajstić information content (AvgIpc) is 2.92. The van der Waals surface area contributed by atoms with Crippen LogP contribution in [-0.2, 0) is 0 Å². The lowest BCUT2D eigenvalue weighted by Gasteiger charge is -2.15. The smallest absolute Gasteiger partial charge is 0.273 e. The van der Waals surface area contributed by atoms with Crippen LogP contribution < -0.4 is 4.74 Å². The summed E-state index contributed by atoms with van der Waals surface area (Å²) < 4.78 is 7.21. The monoisotopic (exact) mass is 362 g/mol. The minimum atomic E-state index is -0.720. The van der Waals surface area contributed by atoms with Crippen LogP contribution in [-0.4, -0.2) is 21.6 Å². The Bertz CT molecular complexity index is 934. The van der Waals surface area contributed by atoms with Crippen molar-refractivity contribution in [2.45, 2.75) is 26.9 Å². The maximum atomic E-state index is 12.7. The highest BCUT2D eigenvalue weighted by molar-refractivity contribution is 6.35. The third-order valence-corrected chi connectivity index (χ3v) is 4.48. The third-order valence-electron chi connectivity index (χ3n) is 3.95. The van der Waals surface area contributed by atoms with Gasteiger partial charge in [-0.1, -0.05) is 23.2 Å². The molecule has 124 valence electrons. The van der Waals surface area contributed by atoms with E-state index in [0.717, 1.165) is 22.2 Å². The zero-order valence-corrected chi connectivity index (χ0v) is 15.0. The molecular formula is C18H16Cl2N2O2. The van der Waals surface area contributed by atoms with E-state index in [0.29, 0.717) is 15.8 Å². The van der Waals surface area contributed by atoms with Crippen molar-refractivity contribution in [2.75, 3.05) is 0 Å². The van der Waals surface area contributed by atoms with E-state index < -0.39 is 6.10 Å². The van der Waals surface area contributed by atoms with Crippen LogP contribution in [0.3, 0.4) is 0 Å².